The van der Waals surface area contributed by atoms with E-state index in [1.807, 2.05) is 91.0 Å². The van der Waals surface area contributed by atoms with E-state index >= 15 is 0 Å². The monoisotopic (exact) mass is 570 g/mol. The maximum absolute atomic E-state index is 9.40. The van der Waals surface area contributed by atoms with E-state index in [1.54, 1.807) is 11.8 Å². The summed E-state index contributed by atoms with van der Waals surface area (Å²) in [6.07, 6.45) is 0. The molecule has 0 saturated heterocycles. The molecule has 8 aromatic carbocycles. The normalized spacial score (nSPS) is 14.7. The van der Waals surface area contributed by atoms with Crippen molar-refractivity contribution in [3.05, 3.63) is 158 Å². The highest BCUT2D eigenvalue weighted by molar-refractivity contribution is 7.99. The van der Waals surface area contributed by atoms with E-state index in [4.69, 9.17) is 5.48 Å². The first-order valence-electron chi connectivity index (χ1n) is 18.1. The van der Waals surface area contributed by atoms with E-state index in [9.17, 15) is 5.48 Å². The summed E-state index contributed by atoms with van der Waals surface area (Å²) in [6.45, 7) is 0. The molecule has 0 radical (unpaired) electrons. The molecule has 200 valence electrons. The predicted octanol–water partition coefficient (Wildman–Crippen LogP) is 12.3. The predicted molar refractivity (Wildman–Crippen MR) is 185 cm³/mol. The summed E-state index contributed by atoms with van der Waals surface area (Å²) >= 11 is 1.66. The molecule has 0 aliphatic carbocycles. The smallest absolute Gasteiger partial charge is 0.0629 e. The van der Waals surface area contributed by atoms with Gasteiger partial charge in [0.25, 0.3) is 0 Å². The number of hydrogen-bond donors (Lipinski definition) is 0. The van der Waals surface area contributed by atoms with Crippen LogP contribution < -0.4 is 0 Å². The fraction of sp³-hybridized carbons (Fsp3) is 0. The van der Waals surface area contributed by atoms with E-state index in [0.717, 1.165) is 42.8 Å². The fourth-order valence-corrected chi connectivity index (χ4v) is 7.60. The molecule has 0 atom stereocenters. The van der Waals surface area contributed by atoms with Crippen LogP contribution in [-0.4, -0.2) is 0 Å². The summed E-state index contributed by atoms with van der Waals surface area (Å²) in [6, 6.07) is 32.8. The van der Waals surface area contributed by atoms with Crippen molar-refractivity contribution in [3.8, 4) is 44.5 Å². The molecule has 0 fully saturated rings. The van der Waals surface area contributed by atoms with E-state index in [0.29, 0.717) is 22.3 Å². The van der Waals surface area contributed by atoms with Crippen molar-refractivity contribution in [2.45, 2.75) is 9.79 Å². The van der Waals surface area contributed by atoms with Crippen molar-refractivity contribution in [1.82, 2.24) is 0 Å². The van der Waals surface area contributed by atoms with Crippen LogP contribution in [0.3, 0.4) is 0 Å². The van der Waals surface area contributed by atoms with Crippen LogP contribution in [0.1, 0.15) is 11.0 Å². The first-order chi connectivity index (χ1) is 24.7. The lowest BCUT2D eigenvalue weighted by molar-refractivity contribution is 1.40. The summed E-state index contributed by atoms with van der Waals surface area (Å²) in [5, 5.41) is 2.65. The highest BCUT2D eigenvalue weighted by atomic mass is 32.2. The average Bonchev–Trinajstić information content (AvgIpc) is 3.17. The molecule has 0 nitrogen and oxygen atoms in total. The second-order valence-electron chi connectivity index (χ2n) is 10.6. The Morgan fingerprint density at radius 1 is 0.395 bits per heavy atom. The van der Waals surface area contributed by atoms with E-state index in [2.05, 4.69) is 18.2 Å². The summed E-state index contributed by atoms with van der Waals surface area (Å²) in [7, 11) is 0. The lowest BCUT2D eigenvalue weighted by Gasteiger charge is -2.23. The minimum atomic E-state index is -0.413. The highest BCUT2D eigenvalue weighted by Gasteiger charge is 2.23. The van der Waals surface area contributed by atoms with Crippen molar-refractivity contribution >= 4 is 44.1 Å². The van der Waals surface area contributed by atoms with Crippen molar-refractivity contribution in [1.29, 1.82) is 0 Å². The zero-order valence-electron chi connectivity index (χ0n) is 30.8. The Kier molecular flexibility index (Phi) is 4.02. The molecule has 1 aliphatic heterocycles. The Morgan fingerprint density at radius 3 is 1.77 bits per heavy atom. The van der Waals surface area contributed by atoms with Crippen molar-refractivity contribution in [3.63, 3.8) is 0 Å². The van der Waals surface area contributed by atoms with Gasteiger partial charge in [0.05, 0.1) is 11.0 Å². The molecule has 0 saturated carbocycles. The molecule has 1 heteroatoms. The summed E-state index contributed by atoms with van der Waals surface area (Å²) in [4.78, 5) is 2.17. The second-order valence-corrected chi connectivity index (χ2v) is 11.7. The van der Waals surface area contributed by atoms with Crippen LogP contribution in [0, 0.1) is 0 Å². The van der Waals surface area contributed by atoms with Gasteiger partial charge in [0.2, 0.25) is 0 Å². The summed E-state index contributed by atoms with van der Waals surface area (Å²) in [5.41, 5.74) is 5.83. The van der Waals surface area contributed by atoms with Crippen molar-refractivity contribution < 1.29 is 11.0 Å². The van der Waals surface area contributed by atoms with Crippen LogP contribution in [0.4, 0.5) is 0 Å². The molecule has 0 unspecified atom stereocenters. The molecule has 0 spiro atoms. The van der Waals surface area contributed by atoms with Crippen LogP contribution in [0.25, 0.3) is 76.8 Å². The molecule has 1 heterocycles. The van der Waals surface area contributed by atoms with Crippen LogP contribution in [0.15, 0.2) is 167 Å². The molecule has 1 aliphatic rings. The van der Waals surface area contributed by atoms with Gasteiger partial charge in [-0.1, -0.05) is 151 Å². The number of hydrogen-bond acceptors (Lipinski definition) is 1. The quantitative estimate of drug-likeness (QED) is 0.190. The van der Waals surface area contributed by atoms with Gasteiger partial charge in [-0.25, -0.2) is 0 Å². The molecule has 0 bridgehead atoms. The first-order valence-corrected chi connectivity index (χ1v) is 14.9. The minimum absolute atomic E-state index is 0.207. The third-order valence-corrected chi connectivity index (χ3v) is 9.44. The number of benzene rings is 8. The van der Waals surface area contributed by atoms with Gasteiger partial charge in [-0.3, -0.25) is 0 Å². The largest absolute Gasteiger partial charge is 0.0888 e. The zero-order chi connectivity index (χ0) is 35.3. The number of fused-ring (bicyclic) bond motifs is 4. The van der Waals surface area contributed by atoms with Crippen LogP contribution in [0.5, 0.6) is 0 Å². The van der Waals surface area contributed by atoms with Gasteiger partial charge >= 0.3 is 0 Å². The topological polar surface area (TPSA) is 0 Å². The van der Waals surface area contributed by atoms with Crippen LogP contribution in [0.2, 0.25) is 0 Å². The Morgan fingerprint density at radius 2 is 1.00 bits per heavy atom. The van der Waals surface area contributed by atoms with Crippen LogP contribution in [-0.2, 0) is 0 Å². The second kappa shape index (κ2) is 9.73. The zero-order valence-corrected chi connectivity index (χ0v) is 23.6. The lowest BCUT2D eigenvalue weighted by Crippen LogP contribution is -1.95. The maximum Gasteiger partial charge on any atom is 0.0629 e. The molecule has 8 aromatic rings. The van der Waals surface area contributed by atoms with Gasteiger partial charge < -0.3 is 0 Å². The van der Waals surface area contributed by atoms with Gasteiger partial charge in [-0.05, 0) is 89.6 Å². The average molecular weight is 571 g/mol. The molecule has 0 N–H and O–H groups in total. The standard InChI is InChI=1S/C42H26S/c1-2-12-27(13-3-1)28-14-10-15-29(26-28)40-32-17-4-6-19-34(32)41(35-20-7-5-18-33(35)40)37-24-25-39-42-31(21-11-22-36(37)42)30-16-8-9-23-38(30)43-39/h1-26H/i4D,5D,6D,7D,17D,18D,19D,20D. The van der Waals surface area contributed by atoms with Crippen LogP contribution >= 0.6 is 11.8 Å². The minimum Gasteiger partial charge on any atom is -0.0888 e. The molecule has 0 aromatic heterocycles. The molecular weight excluding hydrogens is 537 g/mol. The number of rotatable bonds is 3. The van der Waals surface area contributed by atoms with Gasteiger partial charge in [0, 0.05) is 15.2 Å². The first kappa shape index (κ1) is 17.8. The maximum atomic E-state index is 9.40. The van der Waals surface area contributed by atoms with Gasteiger partial charge in [0.1, 0.15) is 0 Å². The van der Waals surface area contributed by atoms with Gasteiger partial charge in [-0.2, -0.15) is 0 Å². The van der Waals surface area contributed by atoms with Crippen molar-refractivity contribution in [2.75, 3.05) is 0 Å². The Bertz CT molecular complexity index is 2730. The summed E-state index contributed by atoms with van der Waals surface area (Å²) < 4.78 is 72.8. The molecule has 9 rings (SSSR count). The fourth-order valence-electron chi connectivity index (χ4n) is 6.47. The van der Waals surface area contributed by atoms with E-state index in [1.165, 1.54) is 0 Å². The van der Waals surface area contributed by atoms with Gasteiger partial charge in [-0.15, -0.1) is 0 Å². The third-order valence-electron chi connectivity index (χ3n) is 8.30. The molecule has 0 amide bonds. The SMILES string of the molecule is [2H]c1c([2H])c([2H])c2c(-c3ccc4c5c(cccc35)-c3ccccc3S4)c3c([2H])c([2H])c([2H])c([2H])c3c(-c3cccc(-c4ccccc4)c3)c2c1[2H]. The van der Waals surface area contributed by atoms with E-state index in [-0.39, 0.29) is 45.7 Å². The third kappa shape index (κ3) is 3.79. The van der Waals surface area contributed by atoms with Crippen molar-refractivity contribution in [2.24, 2.45) is 0 Å². The highest BCUT2D eigenvalue weighted by Crippen LogP contribution is 2.51. The van der Waals surface area contributed by atoms with Gasteiger partial charge in [0.15, 0.2) is 0 Å². The Labute approximate surface area is 266 Å². The molecular formula is C42H26S. The Hall–Kier alpha value is -5.11. The van der Waals surface area contributed by atoms with E-state index < -0.39 is 24.2 Å². The Balaban J connectivity index is 1.52. The molecule has 43 heavy (non-hydrogen) atoms. The summed E-state index contributed by atoms with van der Waals surface area (Å²) in [5.74, 6) is 0. The lowest BCUT2D eigenvalue weighted by atomic mass is 9.83.